The molecule has 1 aromatic rings. The molecule has 7 heteroatoms. The zero-order valence-corrected chi connectivity index (χ0v) is 14.5. The monoisotopic (exact) mass is 334 g/mol. The van der Waals surface area contributed by atoms with Crippen LogP contribution in [0.25, 0.3) is 0 Å². The molecule has 0 spiro atoms. The van der Waals surface area contributed by atoms with E-state index >= 15 is 0 Å². The van der Waals surface area contributed by atoms with E-state index in [-0.39, 0.29) is 24.5 Å². The van der Waals surface area contributed by atoms with Crippen molar-refractivity contribution in [2.45, 2.75) is 38.7 Å². The summed E-state index contributed by atoms with van der Waals surface area (Å²) in [5.74, 6) is 0.950. The zero-order chi connectivity index (χ0) is 17.1. The van der Waals surface area contributed by atoms with Crippen LogP contribution in [0.2, 0.25) is 0 Å². The Balaban J connectivity index is 1.62. The number of morpholine rings is 1. The number of aromatic nitrogens is 2. The van der Waals surface area contributed by atoms with Crippen LogP contribution in [-0.4, -0.2) is 64.0 Å². The highest BCUT2D eigenvalue weighted by Gasteiger charge is 2.29. The Labute approximate surface area is 142 Å². The van der Waals surface area contributed by atoms with Crippen LogP contribution >= 0.6 is 0 Å². The van der Waals surface area contributed by atoms with Gasteiger partial charge in [0.25, 0.3) is 0 Å². The maximum atomic E-state index is 12.6. The number of hydrogen-bond donors (Lipinski definition) is 0. The number of carbonyl (C=O) groups is 2. The number of nitrogens with zero attached hydrogens (tertiary/aromatic N) is 4. The van der Waals surface area contributed by atoms with E-state index in [1.165, 1.54) is 0 Å². The molecular weight excluding hydrogens is 308 g/mol. The lowest BCUT2D eigenvalue weighted by molar-refractivity contribution is -0.145. The third-order valence-corrected chi connectivity index (χ3v) is 4.74. The molecule has 7 nitrogen and oxygen atoms in total. The van der Waals surface area contributed by atoms with Gasteiger partial charge in [-0.05, 0) is 19.8 Å². The van der Waals surface area contributed by atoms with Crippen LogP contribution in [0.1, 0.15) is 43.3 Å². The topological polar surface area (TPSA) is 67.7 Å². The highest BCUT2D eigenvalue weighted by molar-refractivity contribution is 5.85. The van der Waals surface area contributed by atoms with Crippen molar-refractivity contribution in [3.8, 4) is 0 Å². The Hall–Kier alpha value is -1.89. The molecule has 0 radical (unpaired) electrons. The molecule has 2 fully saturated rings. The van der Waals surface area contributed by atoms with Gasteiger partial charge in [0, 0.05) is 32.8 Å². The standard InChI is InChI=1S/C17H26N4O3/c1-13-10-19(2)17(18-13)14-11-21(8-9-24-14)16(23)12-20-7-5-3-4-6-15(20)22/h10,14H,3-9,11-12H2,1-2H3. The lowest BCUT2D eigenvalue weighted by Crippen LogP contribution is -2.48. The highest BCUT2D eigenvalue weighted by atomic mass is 16.5. The van der Waals surface area contributed by atoms with Crippen LogP contribution in [0, 0.1) is 6.92 Å². The normalized spacial score (nSPS) is 22.6. The van der Waals surface area contributed by atoms with Crippen molar-refractivity contribution < 1.29 is 14.3 Å². The average Bonchev–Trinajstić information content (AvgIpc) is 2.78. The molecule has 2 amide bonds. The molecule has 0 saturated carbocycles. The first-order valence-corrected chi connectivity index (χ1v) is 8.71. The first-order valence-electron chi connectivity index (χ1n) is 8.71. The van der Waals surface area contributed by atoms with Crippen molar-refractivity contribution in [2.75, 3.05) is 32.8 Å². The molecule has 3 heterocycles. The fraction of sp³-hybridized carbons (Fsp3) is 0.706. The summed E-state index contributed by atoms with van der Waals surface area (Å²) in [4.78, 5) is 32.7. The molecule has 2 aliphatic heterocycles. The second-order valence-corrected chi connectivity index (χ2v) is 6.68. The van der Waals surface area contributed by atoms with Gasteiger partial charge in [-0.1, -0.05) is 6.42 Å². The van der Waals surface area contributed by atoms with E-state index < -0.39 is 0 Å². The molecule has 0 aliphatic carbocycles. The van der Waals surface area contributed by atoms with E-state index in [1.54, 1.807) is 9.80 Å². The van der Waals surface area contributed by atoms with Gasteiger partial charge in [0.2, 0.25) is 11.8 Å². The van der Waals surface area contributed by atoms with Crippen molar-refractivity contribution in [1.82, 2.24) is 19.4 Å². The molecule has 1 unspecified atom stereocenters. The molecule has 0 bridgehead atoms. The molecule has 2 aliphatic rings. The van der Waals surface area contributed by atoms with Crippen LogP contribution in [0.15, 0.2) is 6.20 Å². The summed E-state index contributed by atoms with van der Waals surface area (Å²) in [7, 11) is 1.94. The van der Waals surface area contributed by atoms with E-state index in [0.29, 0.717) is 32.7 Å². The van der Waals surface area contributed by atoms with E-state index in [2.05, 4.69) is 4.98 Å². The minimum Gasteiger partial charge on any atom is -0.367 e. The summed E-state index contributed by atoms with van der Waals surface area (Å²) in [5, 5.41) is 0. The summed E-state index contributed by atoms with van der Waals surface area (Å²) < 4.78 is 7.76. The van der Waals surface area contributed by atoms with Crippen LogP contribution < -0.4 is 0 Å². The maximum absolute atomic E-state index is 12.6. The Morgan fingerprint density at radius 3 is 2.92 bits per heavy atom. The van der Waals surface area contributed by atoms with Gasteiger partial charge in [0.15, 0.2) is 0 Å². The molecule has 24 heavy (non-hydrogen) atoms. The largest absolute Gasteiger partial charge is 0.367 e. The van der Waals surface area contributed by atoms with Crippen molar-refractivity contribution in [3.63, 3.8) is 0 Å². The van der Waals surface area contributed by atoms with E-state index in [0.717, 1.165) is 30.8 Å². The lowest BCUT2D eigenvalue weighted by Gasteiger charge is -2.34. The summed E-state index contributed by atoms with van der Waals surface area (Å²) >= 11 is 0. The smallest absolute Gasteiger partial charge is 0.242 e. The minimum atomic E-state index is -0.207. The third-order valence-electron chi connectivity index (χ3n) is 4.74. The maximum Gasteiger partial charge on any atom is 0.242 e. The summed E-state index contributed by atoms with van der Waals surface area (Å²) in [6.07, 6.45) is 5.29. The Morgan fingerprint density at radius 1 is 1.33 bits per heavy atom. The third kappa shape index (κ3) is 3.77. The number of aryl methyl sites for hydroxylation is 2. The van der Waals surface area contributed by atoms with Crippen molar-refractivity contribution in [1.29, 1.82) is 0 Å². The Morgan fingerprint density at radius 2 is 2.17 bits per heavy atom. The first kappa shape index (κ1) is 17.0. The highest BCUT2D eigenvalue weighted by Crippen LogP contribution is 2.22. The van der Waals surface area contributed by atoms with Crippen molar-refractivity contribution >= 4 is 11.8 Å². The van der Waals surface area contributed by atoms with Crippen molar-refractivity contribution in [3.05, 3.63) is 17.7 Å². The summed E-state index contributed by atoms with van der Waals surface area (Å²) in [5.41, 5.74) is 0.940. The molecule has 0 N–H and O–H groups in total. The number of ether oxygens (including phenoxy) is 1. The van der Waals surface area contributed by atoms with Crippen LogP contribution in [0.4, 0.5) is 0 Å². The Kier molecular flexibility index (Phi) is 5.18. The van der Waals surface area contributed by atoms with Gasteiger partial charge in [-0.25, -0.2) is 4.98 Å². The summed E-state index contributed by atoms with van der Waals surface area (Å²) in [6, 6.07) is 0. The quantitative estimate of drug-likeness (QED) is 0.828. The number of rotatable bonds is 3. The minimum absolute atomic E-state index is 0.00415. The van der Waals surface area contributed by atoms with Crippen LogP contribution in [0.5, 0.6) is 0 Å². The van der Waals surface area contributed by atoms with Gasteiger partial charge in [-0.15, -0.1) is 0 Å². The molecule has 3 rings (SSSR count). The first-order chi connectivity index (χ1) is 11.5. The predicted octanol–water partition coefficient (Wildman–Crippen LogP) is 1.03. The molecule has 0 aromatic carbocycles. The van der Waals surface area contributed by atoms with Crippen LogP contribution in [0.3, 0.4) is 0 Å². The summed E-state index contributed by atoms with van der Waals surface area (Å²) in [6.45, 7) is 4.38. The molecular formula is C17H26N4O3. The number of carbonyl (C=O) groups excluding carboxylic acids is 2. The molecule has 1 atom stereocenters. The van der Waals surface area contributed by atoms with E-state index in [1.807, 2.05) is 24.7 Å². The SMILES string of the molecule is Cc1cn(C)c(C2CN(C(=O)CN3CCCCCC3=O)CCO2)n1. The van der Waals surface area contributed by atoms with E-state index in [4.69, 9.17) is 4.74 Å². The number of likely N-dealkylation sites (tertiary alicyclic amines) is 1. The fourth-order valence-corrected chi connectivity index (χ4v) is 3.43. The molecule has 132 valence electrons. The number of hydrogen-bond acceptors (Lipinski definition) is 4. The second kappa shape index (κ2) is 7.34. The van der Waals surface area contributed by atoms with Gasteiger partial charge in [-0.3, -0.25) is 9.59 Å². The fourth-order valence-electron chi connectivity index (χ4n) is 3.43. The lowest BCUT2D eigenvalue weighted by atomic mass is 10.2. The average molecular weight is 334 g/mol. The van der Waals surface area contributed by atoms with Crippen molar-refractivity contribution in [2.24, 2.45) is 7.05 Å². The molecule has 2 saturated heterocycles. The second-order valence-electron chi connectivity index (χ2n) is 6.68. The van der Waals surface area contributed by atoms with Gasteiger partial charge < -0.3 is 19.1 Å². The predicted molar refractivity (Wildman–Crippen MR) is 88.3 cm³/mol. The van der Waals surface area contributed by atoms with Gasteiger partial charge in [0.05, 0.1) is 25.4 Å². The van der Waals surface area contributed by atoms with E-state index in [9.17, 15) is 9.59 Å². The number of imidazole rings is 1. The van der Waals surface area contributed by atoms with Gasteiger partial charge in [-0.2, -0.15) is 0 Å². The zero-order valence-electron chi connectivity index (χ0n) is 14.5. The van der Waals surface area contributed by atoms with Gasteiger partial charge in [0.1, 0.15) is 11.9 Å². The molecule has 1 aromatic heterocycles. The van der Waals surface area contributed by atoms with Gasteiger partial charge >= 0.3 is 0 Å². The van der Waals surface area contributed by atoms with Crippen LogP contribution in [-0.2, 0) is 21.4 Å². The number of amides is 2. The Bertz CT molecular complexity index is 613.